The molecular weight excluding hydrogens is 666 g/mol. The van der Waals surface area contributed by atoms with Crippen LogP contribution >= 0.6 is 0 Å². The van der Waals surface area contributed by atoms with Crippen LogP contribution in [-0.4, -0.2) is 29.8 Å². The van der Waals surface area contributed by atoms with E-state index in [1.54, 1.807) is 12.1 Å². The SMILES string of the molecule is C=C(C)C(=O)Oc1ccc(-c2cc(OC(=O)C(=C)C)c(/C(C)=C(\C)C(=O)Oc3cc(F)c(OC(=O)C(=C)C)c(F)c3)cc2OC(=O)C(=C)C)cc1. The molecule has 0 bridgehead atoms. The molecule has 0 atom stereocenters. The van der Waals surface area contributed by atoms with Gasteiger partial charge in [-0.3, -0.25) is 0 Å². The number of carbonyl (C=O) groups is 5. The molecule has 0 radical (unpaired) electrons. The standard InChI is InChI=1S/C39H34F2O10/c1-19(2)35(42)47-26-13-11-25(12-14-26)29-18-32(49-36(43)20(3)4)28(17-33(29)50-37(44)21(5)6)23(9)24(10)39(46)48-27-15-30(40)34(31(41)16-27)51-38(45)22(7)8/h11-18H,1,3,5,7H2,2,4,6,8-10H3/b24-23+. The summed E-state index contributed by atoms with van der Waals surface area (Å²) in [6.45, 7) is 22.6. The Kier molecular flexibility index (Phi) is 12.5. The second kappa shape index (κ2) is 16.3. The minimum absolute atomic E-state index is 0.0376. The zero-order valence-corrected chi connectivity index (χ0v) is 28.8. The predicted molar refractivity (Wildman–Crippen MR) is 184 cm³/mol. The first kappa shape index (κ1) is 39.0. The van der Waals surface area contributed by atoms with Gasteiger partial charge in [0.2, 0.25) is 5.75 Å². The molecule has 0 saturated heterocycles. The maximum atomic E-state index is 14.7. The number of esters is 5. The molecule has 3 aromatic rings. The minimum Gasteiger partial charge on any atom is -0.423 e. The van der Waals surface area contributed by atoms with Crippen LogP contribution < -0.4 is 23.7 Å². The van der Waals surface area contributed by atoms with Gasteiger partial charge < -0.3 is 23.7 Å². The predicted octanol–water partition coefficient (Wildman–Crippen LogP) is 7.96. The molecule has 0 spiro atoms. The second-order valence-corrected chi connectivity index (χ2v) is 11.4. The zero-order chi connectivity index (χ0) is 38.3. The largest absolute Gasteiger partial charge is 0.423 e. The van der Waals surface area contributed by atoms with Gasteiger partial charge >= 0.3 is 29.8 Å². The van der Waals surface area contributed by atoms with Gasteiger partial charge in [0.05, 0.1) is 0 Å². The molecule has 264 valence electrons. The monoisotopic (exact) mass is 700 g/mol. The maximum Gasteiger partial charge on any atom is 0.339 e. The summed E-state index contributed by atoms with van der Waals surface area (Å²) < 4.78 is 55.8. The van der Waals surface area contributed by atoms with Crippen LogP contribution in [0.4, 0.5) is 8.78 Å². The Hall–Kier alpha value is -6.43. The summed E-state index contributed by atoms with van der Waals surface area (Å²) in [6.07, 6.45) is 0. The summed E-state index contributed by atoms with van der Waals surface area (Å²) >= 11 is 0. The highest BCUT2D eigenvalue weighted by Crippen LogP contribution is 2.41. The van der Waals surface area contributed by atoms with Crippen LogP contribution in [0.15, 0.2) is 103 Å². The average Bonchev–Trinajstić information content (AvgIpc) is 3.06. The number of ether oxygens (including phenoxy) is 5. The smallest absolute Gasteiger partial charge is 0.339 e. The van der Waals surface area contributed by atoms with Crippen LogP contribution in [0.3, 0.4) is 0 Å². The van der Waals surface area contributed by atoms with Crippen molar-refractivity contribution in [2.24, 2.45) is 0 Å². The van der Waals surface area contributed by atoms with Crippen molar-refractivity contribution >= 4 is 35.4 Å². The van der Waals surface area contributed by atoms with Gasteiger partial charge in [0.15, 0.2) is 11.6 Å². The Morgan fingerprint density at radius 1 is 0.510 bits per heavy atom. The molecule has 0 aliphatic heterocycles. The Morgan fingerprint density at radius 3 is 1.43 bits per heavy atom. The number of carbonyl (C=O) groups excluding carboxylic acids is 5. The molecule has 10 nitrogen and oxygen atoms in total. The molecule has 0 amide bonds. The molecule has 0 aromatic heterocycles. The summed E-state index contributed by atoms with van der Waals surface area (Å²) in [5, 5.41) is 0. The molecule has 0 aliphatic rings. The van der Waals surface area contributed by atoms with Gasteiger partial charge in [-0.1, -0.05) is 38.4 Å². The molecule has 51 heavy (non-hydrogen) atoms. The van der Waals surface area contributed by atoms with Crippen molar-refractivity contribution in [1.82, 2.24) is 0 Å². The lowest BCUT2D eigenvalue weighted by molar-refractivity contribution is -0.131. The Balaban J connectivity index is 2.15. The van der Waals surface area contributed by atoms with Gasteiger partial charge in [-0.25, -0.2) is 32.8 Å². The van der Waals surface area contributed by atoms with Crippen LogP contribution in [0.2, 0.25) is 0 Å². The van der Waals surface area contributed by atoms with Crippen molar-refractivity contribution in [2.75, 3.05) is 0 Å². The van der Waals surface area contributed by atoms with E-state index in [0.717, 1.165) is 0 Å². The third-order valence-corrected chi connectivity index (χ3v) is 6.91. The van der Waals surface area contributed by atoms with Gasteiger partial charge in [-0.05, 0) is 76.9 Å². The third-order valence-electron chi connectivity index (χ3n) is 6.91. The number of allylic oxidation sites excluding steroid dienone is 1. The molecule has 0 aliphatic carbocycles. The van der Waals surface area contributed by atoms with E-state index >= 15 is 0 Å². The van der Waals surface area contributed by atoms with Crippen molar-refractivity contribution in [1.29, 1.82) is 0 Å². The van der Waals surface area contributed by atoms with Crippen molar-refractivity contribution < 1.29 is 56.4 Å². The van der Waals surface area contributed by atoms with E-state index in [-0.39, 0.29) is 61.8 Å². The summed E-state index contributed by atoms with van der Waals surface area (Å²) in [5.41, 5.74) is 1.03. The first-order valence-electron chi connectivity index (χ1n) is 15.0. The molecule has 12 heteroatoms. The van der Waals surface area contributed by atoms with Crippen LogP contribution in [0.5, 0.6) is 28.7 Å². The normalized spacial score (nSPS) is 11.0. The fraction of sp³-hybridized carbons (Fsp3) is 0.154. The molecule has 0 heterocycles. The van der Waals surface area contributed by atoms with Crippen molar-refractivity contribution in [3.63, 3.8) is 0 Å². The first-order chi connectivity index (χ1) is 23.8. The van der Waals surface area contributed by atoms with E-state index in [1.165, 1.54) is 65.8 Å². The summed E-state index contributed by atoms with van der Waals surface area (Å²) in [6, 6.07) is 10.1. The Bertz CT molecular complexity index is 2030. The maximum absolute atomic E-state index is 14.7. The topological polar surface area (TPSA) is 132 Å². The van der Waals surface area contributed by atoms with Gasteiger partial charge in [0.25, 0.3) is 0 Å². The Morgan fingerprint density at radius 2 is 0.941 bits per heavy atom. The fourth-order valence-electron chi connectivity index (χ4n) is 3.93. The van der Waals surface area contributed by atoms with Gasteiger partial charge in [-0.2, -0.15) is 0 Å². The second-order valence-electron chi connectivity index (χ2n) is 11.4. The average molecular weight is 701 g/mol. The van der Waals surface area contributed by atoms with Gasteiger partial charge in [0, 0.05) is 51.1 Å². The van der Waals surface area contributed by atoms with Crippen LogP contribution in [-0.2, 0) is 24.0 Å². The first-order valence-corrected chi connectivity index (χ1v) is 15.0. The molecule has 0 N–H and O–H groups in total. The van der Waals surface area contributed by atoms with Crippen molar-refractivity contribution in [3.8, 4) is 39.9 Å². The number of rotatable bonds is 12. The van der Waals surface area contributed by atoms with E-state index < -0.39 is 53.0 Å². The van der Waals surface area contributed by atoms with E-state index in [2.05, 4.69) is 31.1 Å². The quantitative estimate of drug-likeness (QED) is 0.104. The molecule has 3 rings (SSSR count). The lowest BCUT2D eigenvalue weighted by Crippen LogP contribution is -2.14. The van der Waals surface area contributed by atoms with Crippen molar-refractivity contribution in [3.05, 3.63) is 120 Å². The lowest BCUT2D eigenvalue weighted by atomic mass is 9.96. The van der Waals surface area contributed by atoms with Gasteiger partial charge in [0.1, 0.15) is 23.0 Å². The summed E-state index contributed by atoms with van der Waals surface area (Å²) in [4.78, 5) is 62.5. The molecule has 3 aromatic carbocycles. The molecule has 0 saturated carbocycles. The molecule has 0 unspecified atom stereocenters. The van der Waals surface area contributed by atoms with Crippen LogP contribution in [0.25, 0.3) is 16.7 Å². The fourth-order valence-corrected chi connectivity index (χ4v) is 3.93. The highest BCUT2D eigenvalue weighted by atomic mass is 19.1. The van der Waals surface area contributed by atoms with Crippen molar-refractivity contribution in [2.45, 2.75) is 41.5 Å². The van der Waals surface area contributed by atoms with E-state index in [4.69, 9.17) is 18.9 Å². The van der Waals surface area contributed by atoms with E-state index in [1.807, 2.05) is 0 Å². The third kappa shape index (κ3) is 9.82. The highest BCUT2D eigenvalue weighted by molar-refractivity contribution is 6.00. The lowest BCUT2D eigenvalue weighted by Gasteiger charge is -2.18. The van der Waals surface area contributed by atoms with E-state index in [9.17, 15) is 32.8 Å². The van der Waals surface area contributed by atoms with Crippen LogP contribution in [0, 0.1) is 11.6 Å². The number of halogens is 2. The van der Waals surface area contributed by atoms with E-state index in [0.29, 0.717) is 17.7 Å². The van der Waals surface area contributed by atoms with Gasteiger partial charge in [-0.15, -0.1) is 0 Å². The zero-order valence-electron chi connectivity index (χ0n) is 28.8. The van der Waals surface area contributed by atoms with Crippen LogP contribution in [0.1, 0.15) is 47.1 Å². The highest BCUT2D eigenvalue weighted by Gasteiger charge is 2.24. The number of benzene rings is 3. The Labute approximate surface area is 292 Å². The molecular formula is C39H34F2O10. The number of hydrogen-bond acceptors (Lipinski definition) is 10. The number of hydrogen-bond donors (Lipinski definition) is 0. The summed E-state index contributed by atoms with van der Waals surface area (Å²) in [7, 11) is 0. The summed E-state index contributed by atoms with van der Waals surface area (Å²) in [5.74, 6) is -8.47. The molecule has 0 fully saturated rings. The minimum atomic E-state index is -1.32.